The maximum atomic E-state index is 10.1. The minimum absolute atomic E-state index is 0.301. The molecule has 5 nitrogen and oxygen atoms in total. The Hall–Kier alpha value is -1.10. The normalized spacial score (nSPS) is 9.80. The number of hydrogen-bond donors (Lipinski definition) is 2. The smallest absolute Gasteiger partial charge is 0.320 e. The maximum absolute atomic E-state index is 10.1. The van der Waals surface area contributed by atoms with Crippen molar-refractivity contribution in [1.29, 1.82) is 0 Å². The average Bonchev–Trinajstić information content (AvgIpc) is 1.81. The molecule has 0 saturated heterocycles. The molecule has 0 aromatic carbocycles. The lowest BCUT2D eigenvalue weighted by molar-refractivity contribution is -0.156. The van der Waals surface area contributed by atoms with E-state index in [1.54, 1.807) is 0 Å². The highest BCUT2D eigenvalue weighted by Gasteiger charge is 2.24. The molecule has 0 aliphatic rings. The van der Waals surface area contributed by atoms with E-state index in [1.165, 1.54) is 7.11 Å². The first-order chi connectivity index (χ1) is 4.59. The molecule has 10 heavy (non-hydrogen) atoms. The highest BCUT2D eigenvalue weighted by molar-refractivity contribution is 5.92. The standard InChI is InChI=1S/C5H8O5/c1-10-2-3(4(6)7)5(8)9/h3H,2H2,1H3,(H,6,7)(H,8,9). The van der Waals surface area contributed by atoms with Crippen LogP contribution in [0, 0.1) is 5.92 Å². The third-order valence-electron chi connectivity index (χ3n) is 0.930. The van der Waals surface area contributed by atoms with Crippen molar-refractivity contribution in [3.05, 3.63) is 0 Å². The van der Waals surface area contributed by atoms with E-state index in [9.17, 15) is 9.59 Å². The van der Waals surface area contributed by atoms with Crippen molar-refractivity contribution in [3.8, 4) is 0 Å². The molecule has 0 atom stereocenters. The summed E-state index contributed by atoms with van der Waals surface area (Å²) in [7, 11) is 1.25. The van der Waals surface area contributed by atoms with Gasteiger partial charge in [-0.15, -0.1) is 0 Å². The molecule has 2 N–H and O–H groups in total. The van der Waals surface area contributed by atoms with Crippen LogP contribution in [0.15, 0.2) is 0 Å². The van der Waals surface area contributed by atoms with Crippen LogP contribution >= 0.6 is 0 Å². The molecular formula is C5H8O5. The highest BCUT2D eigenvalue weighted by Crippen LogP contribution is 1.96. The quantitative estimate of drug-likeness (QED) is 0.521. The van der Waals surface area contributed by atoms with Crippen molar-refractivity contribution >= 4 is 11.9 Å². The highest BCUT2D eigenvalue weighted by atomic mass is 16.5. The Morgan fingerprint density at radius 2 is 1.80 bits per heavy atom. The van der Waals surface area contributed by atoms with E-state index in [-0.39, 0.29) is 6.61 Å². The van der Waals surface area contributed by atoms with Crippen LogP contribution in [0.5, 0.6) is 0 Å². The Morgan fingerprint density at radius 3 is 1.90 bits per heavy atom. The fraction of sp³-hybridized carbons (Fsp3) is 0.600. The van der Waals surface area contributed by atoms with Crippen molar-refractivity contribution in [2.45, 2.75) is 0 Å². The van der Waals surface area contributed by atoms with Gasteiger partial charge in [-0.25, -0.2) is 0 Å². The van der Waals surface area contributed by atoms with E-state index in [2.05, 4.69) is 4.74 Å². The Kier molecular flexibility index (Phi) is 3.42. The number of ether oxygens (including phenoxy) is 1. The third-order valence-corrected chi connectivity index (χ3v) is 0.930. The first-order valence-electron chi connectivity index (χ1n) is 2.54. The molecule has 0 bridgehead atoms. The number of carbonyl (C=O) groups is 2. The third kappa shape index (κ3) is 2.45. The second-order valence-electron chi connectivity index (χ2n) is 1.68. The summed E-state index contributed by atoms with van der Waals surface area (Å²) in [6.07, 6.45) is 0. The van der Waals surface area contributed by atoms with E-state index >= 15 is 0 Å². The van der Waals surface area contributed by atoms with E-state index < -0.39 is 17.9 Å². The minimum Gasteiger partial charge on any atom is -0.481 e. The van der Waals surface area contributed by atoms with Crippen molar-refractivity contribution in [1.82, 2.24) is 0 Å². The van der Waals surface area contributed by atoms with Crippen LogP contribution in [-0.2, 0) is 14.3 Å². The SMILES string of the molecule is COCC(C(=O)O)C(=O)O. The van der Waals surface area contributed by atoms with Crippen LogP contribution in [0.3, 0.4) is 0 Å². The van der Waals surface area contributed by atoms with Crippen LogP contribution in [0.2, 0.25) is 0 Å². The van der Waals surface area contributed by atoms with Crippen molar-refractivity contribution in [2.24, 2.45) is 5.92 Å². The second-order valence-corrected chi connectivity index (χ2v) is 1.68. The van der Waals surface area contributed by atoms with Gasteiger partial charge in [0.15, 0.2) is 5.92 Å². The molecule has 0 saturated carbocycles. The largest absolute Gasteiger partial charge is 0.481 e. The predicted molar refractivity (Wildman–Crippen MR) is 30.6 cm³/mol. The zero-order valence-corrected chi connectivity index (χ0v) is 5.40. The summed E-state index contributed by atoms with van der Waals surface area (Å²) in [6.45, 7) is -0.301. The fourth-order valence-electron chi connectivity index (χ4n) is 0.415. The van der Waals surface area contributed by atoms with Crippen LogP contribution in [-0.4, -0.2) is 35.9 Å². The predicted octanol–water partition coefficient (Wildman–Crippen LogP) is -0.582. The summed E-state index contributed by atoms with van der Waals surface area (Å²) < 4.78 is 4.36. The zero-order chi connectivity index (χ0) is 8.15. The average molecular weight is 148 g/mol. The van der Waals surface area contributed by atoms with E-state index in [1.807, 2.05) is 0 Å². The number of hydrogen-bond acceptors (Lipinski definition) is 3. The molecule has 0 aliphatic heterocycles. The Labute approximate surface area is 57.2 Å². The van der Waals surface area contributed by atoms with Gasteiger partial charge >= 0.3 is 11.9 Å². The lowest BCUT2D eigenvalue weighted by Crippen LogP contribution is -2.27. The Balaban J connectivity index is 3.98. The maximum Gasteiger partial charge on any atom is 0.320 e. The van der Waals surface area contributed by atoms with E-state index in [0.29, 0.717) is 0 Å². The second kappa shape index (κ2) is 3.84. The van der Waals surface area contributed by atoms with Crippen molar-refractivity contribution in [3.63, 3.8) is 0 Å². The van der Waals surface area contributed by atoms with Gasteiger partial charge in [-0.05, 0) is 0 Å². The van der Waals surface area contributed by atoms with Gasteiger partial charge in [-0.1, -0.05) is 0 Å². The summed E-state index contributed by atoms with van der Waals surface area (Å²) in [6, 6.07) is 0. The molecule has 0 rings (SSSR count). The number of carboxylic acids is 2. The van der Waals surface area contributed by atoms with Gasteiger partial charge in [0.25, 0.3) is 0 Å². The summed E-state index contributed by atoms with van der Waals surface area (Å²) in [4.78, 5) is 20.1. The first kappa shape index (κ1) is 8.90. The summed E-state index contributed by atoms with van der Waals surface area (Å²) in [5, 5.41) is 16.4. The molecule has 0 amide bonds. The van der Waals surface area contributed by atoms with Crippen LogP contribution in [0.4, 0.5) is 0 Å². The molecule has 0 aromatic rings. The Morgan fingerprint density at radius 1 is 1.40 bits per heavy atom. The number of methoxy groups -OCH3 is 1. The van der Waals surface area contributed by atoms with E-state index in [0.717, 1.165) is 0 Å². The molecule has 0 heterocycles. The minimum atomic E-state index is -1.45. The van der Waals surface area contributed by atoms with Crippen molar-refractivity contribution in [2.75, 3.05) is 13.7 Å². The Bertz CT molecular complexity index is 127. The molecule has 0 spiro atoms. The van der Waals surface area contributed by atoms with Gasteiger partial charge in [-0.3, -0.25) is 9.59 Å². The molecule has 0 aromatic heterocycles. The van der Waals surface area contributed by atoms with Crippen LogP contribution in [0.25, 0.3) is 0 Å². The number of rotatable bonds is 4. The van der Waals surface area contributed by atoms with Crippen LogP contribution < -0.4 is 0 Å². The molecule has 0 fully saturated rings. The zero-order valence-electron chi connectivity index (χ0n) is 5.40. The number of carboxylic acid groups (broad SMARTS) is 2. The fourth-order valence-corrected chi connectivity index (χ4v) is 0.415. The summed E-state index contributed by atoms with van der Waals surface area (Å²) >= 11 is 0. The van der Waals surface area contributed by atoms with Gasteiger partial charge in [-0.2, -0.15) is 0 Å². The summed E-state index contributed by atoms with van der Waals surface area (Å²) in [5.41, 5.74) is 0. The van der Waals surface area contributed by atoms with Gasteiger partial charge in [0, 0.05) is 7.11 Å². The molecule has 0 radical (unpaired) electrons. The topological polar surface area (TPSA) is 83.8 Å². The van der Waals surface area contributed by atoms with E-state index in [4.69, 9.17) is 10.2 Å². The lowest BCUT2D eigenvalue weighted by atomic mass is 10.2. The monoisotopic (exact) mass is 148 g/mol. The van der Waals surface area contributed by atoms with Gasteiger partial charge in [0.2, 0.25) is 0 Å². The molecule has 5 heteroatoms. The molecule has 0 aliphatic carbocycles. The van der Waals surface area contributed by atoms with Gasteiger partial charge in [0.1, 0.15) is 0 Å². The number of aliphatic carboxylic acids is 2. The van der Waals surface area contributed by atoms with Crippen LogP contribution in [0.1, 0.15) is 0 Å². The van der Waals surface area contributed by atoms with Crippen molar-refractivity contribution < 1.29 is 24.5 Å². The first-order valence-corrected chi connectivity index (χ1v) is 2.54. The molecule has 58 valence electrons. The summed E-state index contributed by atoms with van der Waals surface area (Å²) in [5.74, 6) is -4.21. The van der Waals surface area contributed by atoms with Gasteiger partial charge in [0.05, 0.1) is 6.61 Å². The molecule has 0 unspecified atom stereocenters. The lowest BCUT2D eigenvalue weighted by Gasteiger charge is -2.03. The molecular weight excluding hydrogens is 140 g/mol. The van der Waals surface area contributed by atoms with Gasteiger partial charge < -0.3 is 14.9 Å².